The minimum atomic E-state index is -1.67. The van der Waals surface area contributed by atoms with Crippen LogP contribution >= 0.6 is 11.6 Å². The third-order valence-electron chi connectivity index (χ3n) is 7.49. The Balaban J connectivity index is 1.27. The number of ether oxygens (including phenoxy) is 5. The highest BCUT2D eigenvalue weighted by molar-refractivity contribution is 6.30. The molecule has 0 bridgehead atoms. The Morgan fingerprint density at radius 3 is 2.33 bits per heavy atom. The first kappa shape index (κ1) is 30.6. The number of hydrogen-bond acceptors (Lipinski definition) is 11. The fraction of sp³-hybridized carbons (Fsp3) is 0.176. The Morgan fingerprint density at radius 1 is 0.848 bits per heavy atom. The number of hydrogen-bond donors (Lipinski definition) is 4. The molecule has 2 heterocycles. The second kappa shape index (κ2) is 12.5. The van der Waals surface area contributed by atoms with E-state index in [-0.39, 0.29) is 46.7 Å². The molecule has 0 saturated carbocycles. The fourth-order valence-electron chi connectivity index (χ4n) is 5.22. The average molecular weight is 647 g/mol. The van der Waals surface area contributed by atoms with Crippen molar-refractivity contribution in [1.29, 1.82) is 0 Å². The highest BCUT2D eigenvalue weighted by atomic mass is 35.5. The van der Waals surface area contributed by atoms with Gasteiger partial charge in [-0.3, -0.25) is 4.79 Å². The van der Waals surface area contributed by atoms with Crippen molar-refractivity contribution in [2.75, 3.05) is 13.7 Å². The van der Waals surface area contributed by atoms with E-state index in [4.69, 9.17) is 35.3 Å². The van der Waals surface area contributed by atoms with Crippen LogP contribution in [0.5, 0.6) is 40.2 Å². The number of phenolic OH excluding ortho intramolecular Hbond substituents is 3. The van der Waals surface area contributed by atoms with E-state index in [1.165, 1.54) is 31.4 Å². The molecule has 0 radical (unpaired) electrons. The minimum absolute atomic E-state index is 0.0891. The summed E-state index contributed by atoms with van der Waals surface area (Å²) in [6, 6.07) is 18.3. The maximum atomic E-state index is 12.9. The molecule has 0 spiro atoms. The fourth-order valence-corrected chi connectivity index (χ4v) is 5.34. The molecule has 4 aromatic rings. The number of phenols is 3. The van der Waals surface area contributed by atoms with Gasteiger partial charge in [0.2, 0.25) is 5.78 Å². The number of benzene rings is 4. The van der Waals surface area contributed by atoms with Crippen LogP contribution in [0, 0.1) is 0 Å². The molecular formula is C34H27ClO11. The van der Waals surface area contributed by atoms with Crippen LogP contribution in [0.25, 0.3) is 6.08 Å². The molecule has 0 aliphatic carbocycles. The molecule has 46 heavy (non-hydrogen) atoms. The molecule has 11 nitrogen and oxygen atoms in total. The molecule has 12 heteroatoms. The van der Waals surface area contributed by atoms with Crippen molar-refractivity contribution in [2.24, 2.45) is 0 Å². The summed E-state index contributed by atoms with van der Waals surface area (Å²) in [4.78, 5) is 25.5. The Morgan fingerprint density at radius 2 is 1.57 bits per heavy atom. The zero-order valence-electron chi connectivity index (χ0n) is 24.1. The van der Waals surface area contributed by atoms with Gasteiger partial charge in [-0.25, -0.2) is 4.79 Å². The van der Waals surface area contributed by atoms with E-state index in [1.54, 1.807) is 54.6 Å². The van der Waals surface area contributed by atoms with E-state index >= 15 is 0 Å². The van der Waals surface area contributed by atoms with E-state index in [0.717, 1.165) is 11.6 Å². The SMILES string of the molecule is COc1cc(C2Oc3cc([C@H]4Oc5cc(O)cc(O)c5C(=O)[C@@H]4O)ccc3OC2COC(=O)/C=C/c2ccc(Cl)cc2)ccc1O. The first-order valence-electron chi connectivity index (χ1n) is 14.0. The van der Waals surface area contributed by atoms with Gasteiger partial charge in [0, 0.05) is 28.8 Å². The summed E-state index contributed by atoms with van der Waals surface area (Å²) >= 11 is 5.92. The number of rotatable bonds is 7. The molecule has 0 amide bonds. The number of aliphatic hydroxyl groups is 1. The molecule has 2 aliphatic rings. The molecule has 0 aromatic heterocycles. The molecule has 236 valence electrons. The van der Waals surface area contributed by atoms with E-state index < -0.39 is 41.9 Å². The smallest absolute Gasteiger partial charge is 0.330 e. The summed E-state index contributed by atoms with van der Waals surface area (Å²) in [5.41, 5.74) is 1.40. The molecule has 4 aromatic carbocycles. The lowest BCUT2D eigenvalue weighted by Crippen LogP contribution is -2.38. The van der Waals surface area contributed by atoms with Crippen LogP contribution in [0.4, 0.5) is 0 Å². The Hall–Kier alpha value is -5.39. The lowest BCUT2D eigenvalue weighted by molar-refractivity contribution is -0.142. The summed E-state index contributed by atoms with van der Waals surface area (Å²) in [7, 11) is 1.40. The van der Waals surface area contributed by atoms with E-state index in [0.29, 0.717) is 16.1 Å². The van der Waals surface area contributed by atoms with Gasteiger partial charge in [-0.15, -0.1) is 0 Å². The van der Waals surface area contributed by atoms with Crippen molar-refractivity contribution in [3.8, 4) is 40.2 Å². The second-order valence-corrected chi connectivity index (χ2v) is 11.0. The first-order valence-corrected chi connectivity index (χ1v) is 14.4. The summed E-state index contributed by atoms with van der Waals surface area (Å²) in [6.07, 6.45) is -1.71. The van der Waals surface area contributed by atoms with Crippen LogP contribution in [-0.2, 0) is 9.53 Å². The van der Waals surface area contributed by atoms with E-state index in [9.17, 15) is 30.0 Å². The molecule has 4 N–H and O–H groups in total. The van der Waals surface area contributed by atoms with Crippen molar-refractivity contribution < 1.29 is 53.7 Å². The van der Waals surface area contributed by atoms with Crippen LogP contribution in [0.15, 0.2) is 78.9 Å². The van der Waals surface area contributed by atoms with Crippen LogP contribution in [0.3, 0.4) is 0 Å². The van der Waals surface area contributed by atoms with Crippen LogP contribution in [0.1, 0.15) is 39.3 Å². The number of halogens is 1. The quantitative estimate of drug-likeness (QED) is 0.153. The normalized spacial score (nSPS) is 20.1. The zero-order chi connectivity index (χ0) is 32.5. The number of aromatic hydroxyl groups is 3. The number of ketones is 1. The monoisotopic (exact) mass is 646 g/mol. The lowest BCUT2D eigenvalue weighted by Gasteiger charge is -2.35. The van der Waals surface area contributed by atoms with Gasteiger partial charge in [-0.05, 0) is 53.6 Å². The Bertz CT molecular complexity index is 1840. The summed E-state index contributed by atoms with van der Waals surface area (Å²) in [5.74, 6) is -1.71. The van der Waals surface area contributed by atoms with Crippen molar-refractivity contribution in [1.82, 2.24) is 0 Å². The molecule has 2 aliphatic heterocycles. The Labute approximate surface area is 267 Å². The third kappa shape index (κ3) is 6.10. The number of carbonyl (C=O) groups is 2. The zero-order valence-corrected chi connectivity index (χ0v) is 24.9. The van der Waals surface area contributed by atoms with Gasteiger partial charge in [0.25, 0.3) is 0 Å². The summed E-state index contributed by atoms with van der Waals surface area (Å²) < 4.78 is 29.2. The second-order valence-electron chi connectivity index (χ2n) is 10.5. The molecule has 0 saturated heterocycles. The van der Waals surface area contributed by atoms with Crippen molar-refractivity contribution >= 4 is 29.4 Å². The molecule has 2 unspecified atom stereocenters. The highest BCUT2D eigenvalue weighted by Crippen LogP contribution is 2.46. The van der Waals surface area contributed by atoms with E-state index in [2.05, 4.69) is 0 Å². The molecule has 4 atom stereocenters. The predicted molar refractivity (Wildman–Crippen MR) is 164 cm³/mol. The van der Waals surface area contributed by atoms with Crippen LogP contribution in [-0.4, -0.2) is 58.1 Å². The molecule has 0 fully saturated rings. The van der Waals surface area contributed by atoms with Gasteiger partial charge in [0.05, 0.1) is 7.11 Å². The third-order valence-corrected chi connectivity index (χ3v) is 7.74. The number of esters is 1. The van der Waals surface area contributed by atoms with Gasteiger partial charge >= 0.3 is 5.97 Å². The first-order chi connectivity index (χ1) is 22.1. The van der Waals surface area contributed by atoms with E-state index in [1.807, 2.05) is 0 Å². The van der Waals surface area contributed by atoms with Crippen LogP contribution in [0.2, 0.25) is 5.02 Å². The highest BCUT2D eigenvalue weighted by Gasteiger charge is 2.41. The van der Waals surface area contributed by atoms with Crippen molar-refractivity contribution in [3.05, 3.63) is 106 Å². The number of fused-ring (bicyclic) bond motifs is 2. The average Bonchev–Trinajstić information content (AvgIpc) is 3.04. The molecular weight excluding hydrogens is 620 g/mol. The van der Waals surface area contributed by atoms with Gasteiger partial charge < -0.3 is 44.1 Å². The Kier molecular flexibility index (Phi) is 8.35. The standard InChI is InChI=1S/C34H27ClO11/c1-42-25-12-18(5-9-22(25)37)33-28(16-43-29(39)11-4-17-2-7-20(35)8-3-17)44-24-10-6-19(13-26(24)45-33)34-32(41)31(40)30-23(38)14-21(36)15-27(30)46-34/h2-15,28,32-34,36-38,41H,16H2,1H3/b11-4+/t28?,32-,33?,34+/m0/s1. The topological polar surface area (TPSA) is 161 Å². The number of methoxy groups -OCH3 is 1. The maximum Gasteiger partial charge on any atom is 0.330 e. The van der Waals surface area contributed by atoms with Crippen molar-refractivity contribution in [2.45, 2.75) is 24.4 Å². The largest absolute Gasteiger partial charge is 0.508 e. The van der Waals surface area contributed by atoms with Crippen molar-refractivity contribution in [3.63, 3.8) is 0 Å². The number of aliphatic hydroxyl groups excluding tert-OH is 1. The number of carbonyl (C=O) groups excluding carboxylic acids is 2. The van der Waals surface area contributed by atoms with Gasteiger partial charge in [-0.1, -0.05) is 35.9 Å². The maximum absolute atomic E-state index is 12.9. The van der Waals surface area contributed by atoms with Gasteiger partial charge in [0.15, 0.2) is 47.4 Å². The molecule has 6 rings (SSSR count). The lowest BCUT2D eigenvalue weighted by atomic mass is 9.92. The summed E-state index contributed by atoms with van der Waals surface area (Å²) in [6.45, 7) is -0.207. The minimum Gasteiger partial charge on any atom is -0.508 e. The van der Waals surface area contributed by atoms with Crippen LogP contribution < -0.4 is 18.9 Å². The van der Waals surface area contributed by atoms with Gasteiger partial charge in [0.1, 0.15) is 29.4 Å². The predicted octanol–water partition coefficient (Wildman–Crippen LogP) is 5.28. The van der Waals surface area contributed by atoms with Gasteiger partial charge in [-0.2, -0.15) is 0 Å². The number of Topliss-reactive ketones (excluding diaryl/α,β-unsaturated/α-hetero) is 1. The summed E-state index contributed by atoms with van der Waals surface area (Å²) in [5, 5.41) is 41.6.